The SMILES string of the molecule is C=C(O)C(C)(C)Oc1ccc(-c2ccc(CCNC(=O)c3cc(Cl)ccc3OCCCC)cc2)cc1F. The van der Waals surface area contributed by atoms with Crippen LogP contribution in [0.25, 0.3) is 11.1 Å². The first-order valence-corrected chi connectivity index (χ1v) is 12.6. The molecule has 0 heterocycles. The maximum Gasteiger partial charge on any atom is 0.255 e. The van der Waals surface area contributed by atoms with E-state index < -0.39 is 11.4 Å². The maximum atomic E-state index is 14.6. The van der Waals surface area contributed by atoms with E-state index in [0.29, 0.717) is 41.5 Å². The standard InChI is InChI=1S/C30H33ClFNO4/c1-5-6-17-36-27-14-12-24(31)19-25(27)29(35)33-16-15-21-7-9-22(10-8-21)23-11-13-28(26(32)18-23)37-30(3,4)20(2)34/h7-14,18-19,34H,2,5-6,15-17H2,1,3-4H3,(H,33,35). The van der Waals surface area contributed by atoms with Crippen LogP contribution in [0.4, 0.5) is 4.39 Å². The smallest absolute Gasteiger partial charge is 0.255 e. The van der Waals surface area contributed by atoms with Crippen LogP contribution in [0.5, 0.6) is 11.5 Å². The second kappa shape index (κ2) is 12.6. The zero-order valence-corrected chi connectivity index (χ0v) is 22.2. The van der Waals surface area contributed by atoms with Gasteiger partial charge in [-0.2, -0.15) is 0 Å². The van der Waals surface area contributed by atoms with Gasteiger partial charge in [0, 0.05) is 11.6 Å². The highest BCUT2D eigenvalue weighted by Gasteiger charge is 2.25. The van der Waals surface area contributed by atoms with Crippen LogP contribution in [0.15, 0.2) is 73.0 Å². The minimum atomic E-state index is -1.10. The van der Waals surface area contributed by atoms with Crippen molar-refractivity contribution in [2.75, 3.05) is 13.2 Å². The monoisotopic (exact) mass is 525 g/mol. The summed E-state index contributed by atoms with van der Waals surface area (Å²) in [4.78, 5) is 12.7. The van der Waals surface area contributed by atoms with E-state index in [1.807, 2.05) is 24.3 Å². The van der Waals surface area contributed by atoms with Gasteiger partial charge in [-0.05, 0) is 73.7 Å². The summed E-state index contributed by atoms with van der Waals surface area (Å²) in [6.45, 7) is 9.74. The van der Waals surface area contributed by atoms with Crippen LogP contribution in [0.2, 0.25) is 5.02 Å². The van der Waals surface area contributed by atoms with Crippen LogP contribution in [-0.4, -0.2) is 29.8 Å². The molecule has 0 saturated heterocycles. The number of hydrogen-bond acceptors (Lipinski definition) is 4. The topological polar surface area (TPSA) is 67.8 Å². The third-order valence-corrected chi connectivity index (χ3v) is 6.16. The number of nitrogens with one attached hydrogen (secondary N) is 1. The summed E-state index contributed by atoms with van der Waals surface area (Å²) in [6, 6.07) is 17.4. The van der Waals surface area contributed by atoms with Gasteiger partial charge in [0.25, 0.3) is 5.91 Å². The fraction of sp³-hybridized carbons (Fsp3) is 0.300. The molecule has 2 N–H and O–H groups in total. The Morgan fingerprint density at radius 1 is 1.05 bits per heavy atom. The Labute approximate surface area is 222 Å². The number of aliphatic hydroxyl groups is 1. The van der Waals surface area contributed by atoms with E-state index in [-0.39, 0.29) is 17.4 Å². The zero-order chi connectivity index (χ0) is 27.0. The largest absolute Gasteiger partial charge is 0.509 e. The third kappa shape index (κ3) is 7.73. The number of carbonyl (C=O) groups excluding carboxylic acids is 1. The summed E-state index contributed by atoms with van der Waals surface area (Å²) >= 11 is 6.10. The second-order valence-electron chi connectivity index (χ2n) is 9.25. The van der Waals surface area contributed by atoms with E-state index in [9.17, 15) is 14.3 Å². The van der Waals surface area contributed by atoms with Crippen LogP contribution >= 0.6 is 11.6 Å². The lowest BCUT2D eigenvalue weighted by molar-refractivity contribution is 0.0927. The van der Waals surface area contributed by atoms with E-state index in [2.05, 4.69) is 18.8 Å². The van der Waals surface area contributed by atoms with E-state index in [4.69, 9.17) is 21.1 Å². The van der Waals surface area contributed by atoms with E-state index in [1.54, 1.807) is 38.1 Å². The van der Waals surface area contributed by atoms with Gasteiger partial charge in [0.1, 0.15) is 11.5 Å². The van der Waals surface area contributed by atoms with Crippen LogP contribution in [0.1, 0.15) is 49.5 Å². The number of benzene rings is 3. The molecule has 0 radical (unpaired) electrons. The molecule has 0 saturated carbocycles. The van der Waals surface area contributed by atoms with Gasteiger partial charge in [-0.25, -0.2) is 4.39 Å². The Balaban J connectivity index is 1.59. The number of carbonyl (C=O) groups is 1. The molecule has 0 aliphatic carbocycles. The van der Waals surface area contributed by atoms with E-state index >= 15 is 0 Å². The summed E-state index contributed by atoms with van der Waals surface area (Å²) < 4.78 is 26.0. The first kappa shape index (κ1) is 28.1. The van der Waals surface area contributed by atoms with Crippen molar-refractivity contribution in [3.8, 4) is 22.6 Å². The molecule has 0 atom stereocenters. The van der Waals surface area contributed by atoms with Gasteiger partial charge in [-0.15, -0.1) is 0 Å². The predicted molar refractivity (Wildman–Crippen MR) is 146 cm³/mol. The molecule has 0 bridgehead atoms. The molecule has 3 aromatic rings. The molecule has 0 aliphatic rings. The van der Waals surface area contributed by atoms with Crippen LogP contribution < -0.4 is 14.8 Å². The van der Waals surface area contributed by atoms with Crippen molar-refractivity contribution in [3.05, 3.63) is 95.0 Å². The average Bonchev–Trinajstić information content (AvgIpc) is 2.86. The van der Waals surface area contributed by atoms with Crippen LogP contribution in [0, 0.1) is 5.82 Å². The van der Waals surface area contributed by atoms with Gasteiger partial charge in [0.2, 0.25) is 0 Å². The fourth-order valence-corrected chi connectivity index (χ4v) is 3.68. The number of ether oxygens (including phenoxy) is 2. The number of unbranched alkanes of at least 4 members (excludes halogenated alkanes) is 1. The number of aliphatic hydroxyl groups excluding tert-OH is 1. The molecule has 0 fully saturated rings. The van der Waals surface area contributed by atoms with Gasteiger partial charge in [0.15, 0.2) is 17.2 Å². The Bertz CT molecular complexity index is 1240. The number of amides is 1. The third-order valence-electron chi connectivity index (χ3n) is 5.92. The summed E-state index contributed by atoms with van der Waals surface area (Å²) in [5, 5.41) is 13.0. The molecular weight excluding hydrogens is 493 g/mol. The Kier molecular flexibility index (Phi) is 9.59. The number of halogens is 2. The predicted octanol–water partition coefficient (Wildman–Crippen LogP) is 7.53. The van der Waals surface area contributed by atoms with Gasteiger partial charge < -0.3 is 19.9 Å². The number of rotatable bonds is 12. The molecule has 3 rings (SSSR count). The quantitative estimate of drug-likeness (QED) is 0.189. The van der Waals surface area contributed by atoms with Crippen molar-refractivity contribution in [1.29, 1.82) is 0 Å². The first-order valence-electron chi connectivity index (χ1n) is 12.3. The zero-order valence-electron chi connectivity index (χ0n) is 21.4. The molecule has 0 spiro atoms. The highest BCUT2D eigenvalue weighted by Crippen LogP contribution is 2.30. The molecule has 37 heavy (non-hydrogen) atoms. The minimum Gasteiger partial charge on any atom is -0.509 e. The summed E-state index contributed by atoms with van der Waals surface area (Å²) in [5.74, 6) is -0.395. The summed E-state index contributed by atoms with van der Waals surface area (Å²) in [7, 11) is 0. The van der Waals surface area contributed by atoms with Crippen molar-refractivity contribution < 1.29 is 23.8 Å². The lowest BCUT2D eigenvalue weighted by Gasteiger charge is -2.25. The first-order chi connectivity index (χ1) is 17.6. The van der Waals surface area contributed by atoms with Gasteiger partial charge in [-0.1, -0.05) is 61.9 Å². The molecule has 0 aromatic heterocycles. The lowest BCUT2D eigenvalue weighted by atomic mass is 10.0. The Hall–Kier alpha value is -3.51. The molecule has 0 aliphatic heterocycles. The molecule has 3 aromatic carbocycles. The Morgan fingerprint density at radius 2 is 1.73 bits per heavy atom. The van der Waals surface area contributed by atoms with Crippen molar-refractivity contribution in [2.45, 2.75) is 45.6 Å². The highest BCUT2D eigenvalue weighted by atomic mass is 35.5. The Morgan fingerprint density at radius 3 is 2.38 bits per heavy atom. The van der Waals surface area contributed by atoms with E-state index in [0.717, 1.165) is 24.0 Å². The maximum absolute atomic E-state index is 14.6. The van der Waals surface area contributed by atoms with Crippen LogP contribution in [0.3, 0.4) is 0 Å². The molecular formula is C30H33ClFNO4. The summed E-state index contributed by atoms with van der Waals surface area (Å²) in [5.41, 5.74) is 1.88. The van der Waals surface area contributed by atoms with Gasteiger partial charge in [0.05, 0.1) is 12.2 Å². The highest BCUT2D eigenvalue weighted by molar-refractivity contribution is 6.31. The lowest BCUT2D eigenvalue weighted by Crippen LogP contribution is -2.30. The van der Waals surface area contributed by atoms with Gasteiger partial charge >= 0.3 is 0 Å². The molecule has 1 amide bonds. The van der Waals surface area contributed by atoms with Crippen LogP contribution in [-0.2, 0) is 6.42 Å². The van der Waals surface area contributed by atoms with Gasteiger partial charge in [-0.3, -0.25) is 4.79 Å². The fourth-order valence-electron chi connectivity index (χ4n) is 3.51. The molecule has 7 heteroatoms. The normalized spacial score (nSPS) is 11.2. The van der Waals surface area contributed by atoms with Crippen molar-refractivity contribution in [1.82, 2.24) is 5.32 Å². The number of hydrogen-bond donors (Lipinski definition) is 2. The van der Waals surface area contributed by atoms with Crippen molar-refractivity contribution in [3.63, 3.8) is 0 Å². The second-order valence-corrected chi connectivity index (χ2v) is 9.69. The minimum absolute atomic E-state index is 0.0370. The summed E-state index contributed by atoms with van der Waals surface area (Å²) in [6.07, 6.45) is 2.53. The van der Waals surface area contributed by atoms with Crippen molar-refractivity contribution in [2.24, 2.45) is 0 Å². The molecule has 196 valence electrons. The van der Waals surface area contributed by atoms with E-state index in [1.165, 1.54) is 12.1 Å². The molecule has 0 unspecified atom stereocenters. The molecule has 5 nitrogen and oxygen atoms in total. The average molecular weight is 526 g/mol. The van der Waals surface area contributed by atoms with Crippen molar-refractivity contribution >= 4 is 17.5 Å².